The van der Waals surface area contributed by atoms with Gasteiger partial charge in [0.25, 0.3) is 5.56 Å². The monoisotopic (exact) mass is 422 g/mol. The quantitative estimate of drug-likeness (QED) is 0.802. The third kappa shape index (κ3) is 4.64. The van der Waals surface area contributed by atoms with Crippen LogP contribution in [0.15, 0.2) is 35.1 Å². The molecule has 1 aliphatic heterocycles. The molecule has 0 atom stereocenters. The standard InChI is InChI=1S/C20H21F3N4O3/c21-20(22,23)16-11-17(13-1-2-13)25-27(19(16)29)12-18(28)24-14-3-5-15(6-4-14)26-7-9-30-10-8-26/h3-6,11,13H,1-2,7-10,12H2,(H,24,28). The number of benzene rings is 1. The molecular weight excluding hydrogens is 401 g/mol. The Morgan fingerprint density at radius 3 is 2.43 bits per heavy atom. The summed E-state index contributed by atoms with van der Waals surface area (Å²) in [6.07, 6.45) is -3.34. The summed E-state index contributed by atoms with van der Waals surface area (Å²) in [6.45, 7) is 2.27. The van der Waals surface area contributed by atoms with Crippen LogP contribution in [0.1, 0.15) is 30.0 Å². The van der Waals surface area contributed by atoms with Crippen molar-refractivity contribution in [2.24, 2.45) is 0 Å². The van der Waals surface area contributed by atoms with Gasteiger partial charge in [-0.05, 0) is 43.2 Å². The maximum Gasteiger partial charge on any atom is 0.421 e. The summed E-state index contributed by atoms with van der Waals surface area (Å²) in [5.41, 5.74) is -0.933. The van der Waals surface area contributed by atoms with Gasteiger partial charge in [0, 0.05) is 30.4 Å². The molecule has 160 valence electrons. The van der Waals surface area contributed by atoms with Crippen LogP contribution >= 0.6 is 0 Å². The highest BCUT2D eigenvalue weighted by Crippen LogP contribution is 2.40. The Balaban J connectivity index is 1.47. The highest BCUT2D eigenvalue weighted by atomic mass is 19.4. The van der Waals surface area contributed by atoms with Crippen molar-refractivity contribution in [3.8, 4) is 0 Å². The van der Waals surface area contributed by atoms with Gasteiger partial charge in [0.05, 0.1) is 18.9 Å². The molecule has 10 heteroatoms. The molecule has 1 aliphatic carbocycles. The number of carbonyl (C=O) groups excluding carboxylic acids is 1. The number of nitrogens with one attached hydrogen (secondary N) is 1. The van der Waals surface area contributed by atoms with Gasteiger partial charge < -0.3 is 15.0 Å². The van der Waals surface area contributed by atoms with Crippen molar-refractivity contribution in [3.05, 3.63) is 51.9 Å². The van der Waals surface area contributed by atoms with Crippen LogP contribution in [0.2, 0.25) is 0 Å². The van der Waals surface area contributed by atoms with Crippen LogP contribution in [0.3, 0.4) is 0 Å². The topological polar surface area (TPSA) is 76.5 Å². The first-order valence-corrected chi connectivity index (χ1v) is 9.73. The number of morpholine rings is 1. The summed E-state index contributed by atoms with van der Waals surface area (Å²) >= 11 is 0. The van der Waals surface area contributed by atoms with Gasteiger partial charge in [-0.15, -0.1) is 0 Å². The van der Waals surface area contributed by atoms with Gasteiger partial charge in [-0.1, -0.05) is 0 Å². The number of alkyl halides is 3. The van der Waals surface area contributed by atoms with E-state index in [1.54, 1.807) is 12.1 Å². The molecule has 1 aromatic heterocycles. The second-order valence-electron chi connectivity index (χ2n) is 7.41. The summed E-state index contributed by atoms with van der Waals surface area (Å²) in [4.78, 5) is 26.7. The fourth-order valence-corrected chi connectivity index (χ4v) is 3.36. The van der Waals surface area contributed by atoms with Crippen LogP contribution < -0.4 is 15.8 Å². The number of amides is 1. The lowest BCUT2D eigenvalue weighted by Crippen LogP contribution is -2.36. The lowest BCUT2D eigenvalue weighted by molar-refractivity contribution is -0.139. The highest BCUT2D eigenvalue weighted by Gasteiger charge is 2.37. The molecule has 2 aromatic rings. The van der Waals surface area contributed by atoms with E-state index in [-0.39, 0.29) is 11.6 Å². The molecule has 0 radical (unpaired) electrons. The molecule has 1 aromatic carbocycles. The molecule has 0 bridgehead atoms. The number of hydrogen-bond acceptors (Lipinski definition) is 5. The first-order valence-electron chi connectivity index (χ1n) is 9.73. The van der Waals surface area contributed by atoms with Crippen molar-refractivity contribution in [1.29, 1.82) is 0 Å². The van der Waals surface area contributed by atoms with Gasteiger partial charge in [0.1, 0.15) is 12.1 Å². The maximum absolute atomic E-state index is 13.2. The minimum atomic E-state index is -4.79. The number of hydrogen-bond donors (Lipinski definition) is 1. The van der Waals surface area contributed by atoms with E-state index in [4.69, 9.17) is 4.74 Å². The summed E-state index contributed by atoms with van der Waals surface area (Å²) < 4.78 is 45.6. The maximum atomic E-state index is 13.2. The number of carbonyl (C=O) groups is 1. The Morgan fingerprint density at radius 2 is 1.83 bits per heavy atom. The molecule has 2 heterocycles. The second-order valence-corrected chi connectivity index (χ2v) is 7.41. The number of rotatable bonds is 5. The van der Waals surface area contributed by atoms with Crippen molar-refractivity contribution in [1.82, 2.24) is 9.78 Å². The number of aromatic nitrogens is 2. The predicted octanol–water partition coefficient (Wildman–Crippen LogP) is 2.61. The minimum absolute atomic E-state index is 0.0891. The first kappa shape index (κ1) is 20.4. The Labute approximate surface area is 170 Å². The van der Waals surface area contributed by atoms with E-state index in [9.17, 15) is 22.8 Å². The number of nitrogens with zero attached hydrogens (tertiary/aromatic N) is 3. The fourth-order valence-electron chi connectivity index (χ4n) is 3.36. The van der Waals surface area contributed by atoms with Crippen LogP contribution in [0, 0.1) is 0 Å². The summed E-state index contributed by atoms with van der Waals surface area (Å²) in [5, 5.41) is 6.60. The summed E-state index contributed by atoms with van der Waals surface area (Å²) in [5.74, 6) is -0.710. The lowest BCUT2D eigenvalue weighted by atomic mass is 10.2. The largest absolute Gasteiger partial charge is 0.421 e. The van der Waals surface area contributed by atoms with Gasteiger partial charge in [0.2, 0.25) is 5.91 Å². The summed E-state index contributed by atoms with van der Waals surface area (Å²) in [6, 6.07) is 7.92. The van der Waals surface area contributed by atoms with Crippen molar-refractivity contribution in [2.75, 3.05) is 36.5 Å². The average Bonchev–Trinajstić information content (AvgIpc) is 3.55. The molecule has 2 aliphatic rings. The third-order valence-corrected chi connectivity index (χ3v) is 5.11. The van der Waals surface area contributed by atoms with Crippen LogP contribution in [0.5, 0.6) is 0 Å². The predicted molar refractivity (Wildman–Crippen MR) is 104 cm³/mol. The van der Waals surface area contributed by atoms with Crippen LogP contribution in [0.4, 0.5) is 24.5 Å². The van der Waals surface area contributed by atoms with Gasteiger partial charge in [-0.3, -0.25) is 9.59 Å². The van der Waals surface area contributed by atoms with E-state index < -0.39 is 29.8 Å². The number of ether oxygens (including phenoxy) is 1. The van der Waals surface area contributed by atoms with Crippen LogP contribution in [0.25, 0.3) is 0 Å². The average molecular weight is 422 g/mol. The molecule has 2 fully saturated rings. The molecular formula is C20H21F3N4O3. The molecule has 1 saturated heterocycles. The zero-order valence-corrected chi connectivity index (χ0v) is 16.1. The van der Waals surface area contributed by atoms with E-state index in [1.165, 1.54) is 0 Å². The zero-order chi connectivity index (χ0) is 21.3. The number of halogens is 3. The van der Waals surface area contributed by atoms with E-state index in [0.29, 0.717) is 23.6 Å². The first-order chi connectivity index (χ1) is 14.3. The smallest absolute Gasteiger partial charge is 0.378 e. The van der Waals surface area contributed by atoms with Crippen molar-refractivity contribution in [3.63, 3.8) is 0 Å². The van der Waals surface area contributed by atoms with E-state index in [1.807, 2.05) is 12.1 Å². The molecule has 4 rings (SSSR count). The van der Waals surface area contributed by atoms with E-state index in [0.717, 1.165) is 37.7 Å². The Morgan fingerprint density at radius 1 is 1.17 bits per heavy atom. The van der Waals surface area contributed by atoms with Crippen molar-refractivity contribution < 1.29 is 22.7 Å². The van der Waals surface area contributed by atoms with Crippen molar-refractivity contribution >= 4 is 17.3 Å². The van der Waals surface area contributed by atoms with Gasteiger partial charge in [0.15, 0.2) is 0 Å². The van der Waals surface area contributed by atoms with Gasteiger partial charge >= 0.3 is 6.18 Å². The molecule has 0 spiro atoms. The van der Waals surface area contributed by atoms with Gasteiger partial charge in [-0.2, -0.15) is 18.3 Å². The van der Waals surface area contributed by atoms with Crippen LogP contribution in [-0.2, 0) is 22.3 Å². The van der Waals surface area contributed by atoms with Crippen molar-refractivity contribution in [2.45, 2.75) is 31.5 Å². The Hall–Kier alpha value is -2.88. The molecule has 1 amide bonds. The van der Waals surface area contributed by atoms with E-state index in [2.05, 4.69) is 15.3 Å². The molecule has 1 saturated carbocycles. The molecule has 7 nitrogen and oxygen atoms in total. The molecule has 30 heavy (non-hydrogen) atoms. The Bertz CT molecular complexity index is 978. The second kappa shape index (κ2) is 8.10. The minimum Gasteiger partial charge on any atom is -0.378 e. The summed E-state index contributed by atoms with van der Waals surface area (Å²) in [7, 11) is 0. The highest BCUT2D eigenvalue weighted by molar-refractivity contribution is 5.90. The normalized spacial score (nSPS) is 17.1. The molecule has 1 N–H and O–H groups in total. The third-order valence-electron chi connectivity index (χ3n) is 5.11. The Kier molecular flexibility index (Phi) is 5.50. The molecule has 0 unspecified atom stereocenters. The number of anilines is 2. The zero-order valence-electron chi connectivity index (χ0n) is 16.1. The fraction of sp³-hybridized carbons (Fsp3) is 0.450. The SMILES string of the molecule is O=C(Cn1nc(C2CC2)cc(C(F)(F)F)c1=O)Nc1ccc(N2CCOCC2)cc1. The van der Waals surface area contributed by atoms with Crippen LogP contribution in [-0.4, -0.2) is 42.0 Å². The van der Waals surface area contributed by atoms with E-state index >= 15 is 0 Å². The lowest BCUT2D eigenvalue weighted by Gasteiger charge is -2.28. The van der Waals surface area contributed by atoms with Gasteiger partial charge in [-0.25, -0.2) is 4.68 Å².